The summed E-state index contributed by atoms with van der Waals surface area (Å²) in [4.78, 5) is 16.9. The highest BCUT2D eigenvalue weighted by atomic mass is 32.2. The van der Waals surface area contributed by atoms with Gasteiger partial charge in [-0.05, 0) is 49.8 Å². The average Bonchev–Trinajstić information content (AvgIpc) is 3.25. The molecule has 2 heterocycles. The fourth-order valence-corrected chi connectivity index (χ4v) is 3.98. The molecule has 1 unspecified atom stereocenters. The molecule has 0 saturated carbocycles. The molecule has 29 heavy (non-hydrogen) atoms. The second-order valence-electron chi connectivity index (χ2n) is 6.60. The number of allylic oxidation sites excluding steroid dienone is 2. The fraction of sp³-hybridized carbons (Fsp3) is 0.190. The number of amides is 1. The predicted octanol–water partition coefficient (Wildman–Crippen LogP) is 3.74. The predicted molar refractivity (Wildman–Crippen MR) is 116 cm³/mol. The summed E-state index contributed by atoms with van der Waals surface area (Å²) >= 11 is 1.44. The summed E-state index contributed by atoms with van der Waals surface area (Å²) in [6.45, 7) is 5.32. The summed E-state index contributed by atoms with van der Waals surface area (Å²) in [7, 11) is 0. The Labute approximate surface area is 173 Å². The number of aliphatic imine (C=N–C) groups is 1. The number of hydrogen-bond donors (Lipinski definition) is 2. The van der Waals surface area contributed by atoms with E-state index in [1.165, 1.54) is 24.0 Å². The minimum absolute atomic E-state index is 0.319. The Bertz CT molecular complexity index is 996. The van der Waals surface area contributed by atoms with E-state index in [4.69, 9.17) is 5.73 Å². The van der Waals surface area contributed by atoms with Crippen molar-refractivity contribution in [1.29, 1.82) is 0 Å². The molecule has 3 rings (SSSR count). The van der Waals surface area contributed by atoms with Crippen LogP contribution in [0.15, 0.2) is 84.0 Å². The number of amidine groups is 1. The summed E-state index contributed by atoms with van der Waals surface area (Å²) in [6.07, 6.45) is 8.14. The fourth-order valence-electron chi connectivity index (χ4n) is 3.00. The van der Waals surface area contributed by atoms with Crippen LogP contribution in [0.25, 0.3) is 5.69 Å². The molecule has 0 fully saturated rings. The van der Waals surface area contributed by atoms with Gasteiger partial charge in [0, 0.05) is 35.5 Å². The van der Waals surface area contributed by atoms with Crippen molar-refractivity contribution in [3.05, 3.63) is 84.6 Å². The zero-order valence-corrected chi connectivity index (χ0v) is 16.8. The molecule has 3 N–H and O–H groups in total. The van der Waals surface area contributed by atoms with Crippen LogP contribution < -0.4 is 11.1 Å². The van der Waals surface area contributed by atoms with Crippen molar-refractivity contribution in [3.8, 4) is 5.69 Å². The van der Waals surface area contributed by atoms with E-state index in [2.05, 4.69) is 22.0 Å². The Morgan fingerprint density at radius 2 is 2.28 bits per heavy atom. The summed E-state index contributed by atoms with van der Waals surface area (Å²) < 4.78 is 16.1. The highest BCUT2D eigenvalue weighted by Crippen LogP contribution is 2.35. The summed E-state index contributed by atoms with van der Waals surface area (Å²) in [5.41, 5.74) is 6.57. The van der Waals surface area contributed by atoms with E-state index in [-0.39, 0.29) is 5.91 Å². The van der Waals surface area contributed by atoms with Gasteiger partial charge in [0.2, 0.25) is 0 Å². The van der Waals surface area contributed by atoms with Gasteiger partial charge in [0.1, 0.15) is 5.83 Å². The van der Waals surface area contributed by atoms with Crippen LogP contribution in [0.1, 0.15) is 23.7 Å². The van der Waals surface area contributed by atoms with Gasteiger partial charge >= 0.3 is 0 Å². The van der Waals surface area contributed by atoms with Crippen LogP contribution in [-0.4, -0.2) is 32.1 Å². The van der Waals surface area contributed by atoms with Crippen LogP contribution in [0.2, 0.25) is 0 Å². The molecule has 1 aromatic carbocycles. The Morgan fingerprint density at radius 3 is 2.97 bits per heavy atom. The number of thioether (sulfide) groups is 1. The molecule has 0 spiro atoms. The average molecular weight is 412 g/mol. The molecule has 2 aromatic rings. The minimum atomic E-state index is -0.811. The zero-order valence-electron chi connectivity index (χ0n) is 16.0. The quantitative estimate of drug-likeness (QED) is 0.709. The molecule has 1 amide bonds. The number of rotatable bonds is 6. The van der Waals surface area contributed by atoms with E-state index >= 15 is 0 Å². The van der Waals surface area contributed by atoms with Crippen molar-refractivity contribution in [2.24, 2.45) is 10.7 Å². The summed E-state index contributed by atoms with van der Waals surface area (Å²) in [5, 5.41) is 7.25. The number of benzene rings is 1. The number of nitrogens with zero attached hydrogens (tertiary/aromatic N) is 3. The van der Waals surface area contributed by atoms with Gasteiger partial charge in [-0.25, -0.2) is 9.07 Å². The van der Waals surface area contributed by atoms with Crippen molar-refractivity contribution in [2.75, 3.05) is 5.75 Å². The lowest BCUT2D eigenvalue weighted by molar-refractivity contribution is 0.0970. The summed E-state index contributed by atoms with van der Waals surface area (Å²) in [6, 6.07) is 8.85. The van der Waals surface area contributed by atoms with Gasteiger partial charge in [0.15, 0.2) is 5.17 Å². The molecule has 1 aromatic heterocycles. The number of nitrogens with one attached hydrogen (secondary N) is 1. The first-order valence-corrected chi connectivity index (χ1v) is 10.00. The third kappa shape index (κ3) is 4.83. The van der Waals surface area contributed by atoms with Crippen LogP contribution >= 0.6 is 11.8 Å². The standard InChI is InChI=1S/C21H22FN5OS/c1-3-18(22)17(21(2)9-13-29-20(23)26-21)8-11-24-19(28)15-6-4-7-16(14-15)27-12-5-10-25-27/h3-8,10-12,14H,1,9,13H2,2H3,(H2,23,26)(H,24,28)/b11-8+,18-17-. The molecule has 1 atom stereocenters. The molecule has 150 valence electrons. The van der Waals surface area contributed by atoms with Gasteiger partial charge in [-0.15, -0.1) is 0 Å². The first-order valence-electron chi connectivity index (χ1n) is 9.01. The van der Waals surface area contributed by atoms with Gasteiger partial charge < -0.3 is 11.1 Å². The van der Waals surface area contributed by atoms with E-state index < -0.39 is 11.4 Å². The van der Waals surface area contributed by atoms with Gasteiger partial charge in [-0.2, -0.15) is 5.10 Å². The normalized spacial score (nSPS) is 20.1. The van der Waals surface area contributed by atoms with Crippen LogP contribution in [0.4, 0.5) is 4.39 Å². The van der Waals surface area contributed by atoms with Crippen molar-refractivity contribution in [3.63, 3.8) is 0 Å². The molecule has 8 heteroatoms. The van der Waals surface area contributed by atoms with Crippen LogP contribution in [0.5, 0.6) is 0 Å². The van der Waals surface area contributed by atoms with Crippen molar-refractivity contribution in [2.45, 2.75) is 18.9 Å². The Hall–Kier alpha value is -3.13. The molecule has 0 saturated heterocycles. The minimum Gasteiger partial charge on any atom is -0.379 e. The lowest BCUT2D eigenvalue weighted by Crippen LogP contribution is -2.33. The maximum atomic E-state index is 14.5. The SMILES string of the molecule is C=C/C(F)=C(\C=C\NC(=O)c1cccc(-n2cccn2)c1)C1(C)CCSC(N)=N1. The second-order valence-corrected chi connectivity index (χ2v) is 7.71. The van der Waals surface area contributed by atoms with Crippen molar-refractivity contribution in [1.82, 2.24) is 15.1 Å². The first kappa shape index (κ1) is 20.6. The number of halogens is 1. The van der Waals surface area contributed by atoms with E-state index in [1.807, 2.05) is 13.0 Å². The molecule has 0 radical (unpaired) electrons. The molecular weight excluding hydrogens is 389 g/mol. The topological polar surface area (TPSA) is 85.3 Å². The van der Waals surface area contributed by atoms with E-state index in [9.17, 15) is 9.18 Å². The molecule has 0 bridgehead atoms. The van der Waals surface area contributed by atoms with Crippen LogP contribution in [-0.2, 0) is 0 Å². The molecule has 1 aliphatic heterocycles. The van der Waals surface area contributed by atoms with Gasteiger partial charge in [0.05, 0.1) is 11.2 Å². The first-order chi connectivity index (χ1) is 13.9. The van der Waals surface area contributed by atoms with Crippen LogP contribution in [0.3, 0.4) is 0 Å². The number of aromatic nitrogens is 2. The van der Waals surface area contributed by atoms with E-state index in [0.29, 0.717) is 22.7 Å². The zero-order chi connectivity index (χ0) is 20.9. The largest absolute Gasteiger partial charge is 0.379 e. The Kier molecular flexibility index (Phi) is 6.33. The number of carbonyl (C=O) groups excluding carboxylic acids is 1. The van der Waals surface area contributed by atoms with Crippen molar-refractivity contribution >= 4 is 22.8 Å². The highest BCUT2D eigenvalue weighted by Gasteiger charge is 2.32. The lowest BCUT2D eigenvalue weighted by atomic mass is 9.88. The lowest BCUT2D eigenvalue weighted by Gasteiger charge is -2.30. The number of carbonyl (C=O) groups is 1. The maximum absolute atomic E-state index is 14.5. The highest BCUT2D eigenvalue weighted by molar-refractivity contribution is 8.13. The molecular formula is C21H22FN5OS. The van der Waals surface area contributed by atoms with Crippen LogP contribution in [0, 0.1) is 0 Å². The smallest absolute Gasteiger partial charge is 0.255 e. The molecule has 1 aliphatic rings. The molecule has 0 aliphatic carbocycles. The number of hydrogen-bond acceptors (Lipinski definition) is 5. The van der Waals surface area contributed by atoms with E-state index in [0.717, 1.165) is 17.5 Å². The van der Waals surface area contributed by atoms with Gasteiger partial charge in [-0.1, -0.05) is 24.4 Å². The molecule has 6 nitrogen and oxygen atoms in total. The van der Waals surface area contributed by atoms with E-state index in [1.54, 1.807) is 41.3 Å². The second kappa shape index (κ2) is 8.91. The number of nitrogens with two attached hydrogens (primary N) is 1. The maximum Gasteiger partial charge on any atom is 0.255 e. The van der Waals surface area contributed by atoms with Gasteiger partial charge in [-0.3, -0.25) is 9.79 Å². The van der Waals surface area contributed by atoms with Gasteiger partial charge in [0.25, 0.3) is 5.91 Å². The Morgan fingerprint density at radius 1 is 1.45 bits per heavy atom. The monoisotopic (exact) mass is 411 g/mol. The van der Waals surface area contributed by atoms with Crippen molar-refractivity contribution < 1.29 is 9.18 Å². The summed E-state index contributed by atoms with van der Waals surface area (Å²) in [5.74, 6) is -0.0803. The third-order valence-electron chi connectivity index (χ3n) is 4.55. The third-order valence-corrected chi connectivity index (χ3v) is 5.35. The Balaban J connectivity index is 1.78.